The maximum atomic E-state index is 13.5. The van der Waals surface area contributed by atoms with Gasteiger partial charge in [-0.3, -0.25) is 14.3 Å². The molecule has 0 unspecified atom stereocenters. The normalized spacial score (nSPS) is 28.6. The van der Waals surface area contributed by atoms with Crippen LogP contribution in [0.25, 0.3) is 0 Å². The first kappa shape index (κ1) is 18.4. The van der Waals surface area contributed by atoms with E-state index in [9.17, 15) is 9.59 Å². The zero-order valence-corrected chi connectivity index (χ0v) is 16.0. The van der Waals surface area contributed by atoms with Crippen LogP contribution in [0.4, 0.5) is 0 Å². The number of ether oxygens (including phenoxy) is 1. The molecule has 0 aliphatic carbocycles. The van der Waals surface area contributed by atoms with Gasteiger partial charge in [-0.25, -0.2) is 0 Å². The van der Waals surface area contributed by atoms with E-state index in [0.29, 0.717) is 25.6 Å². The van der Waals surface area contributed by atoms with Gasteiger partial charge < -0.3 is 19.9 Å². The molecule has 3 aliphatic heterocycles. The third kappa shape index (κ3) is 3.48. The van der Waals surface area contributed by atoms with Crippen molar-refractivity contribution < 1.29 is 14.3 Å². The Balaban J connectivity index is 1.38. The molecule has 4 heterocycles. The third-order valence-corrected chi connectivity index (χ3v) is 6.48. The van der Waals surface area contributed by atoms with Crippen molar-refractivity contribution in [2.75, 3.05) is 53.0 Å². The van der Waals surface area contributed by atoms with E-state index in [1.54, 1.807) is 0 Å². The maximum Gasteiger partial charge on any atom is 0.248 e. The molecule has 0 aromatic carbocycles. The first-order valence-corrected chi connectivity index (χ1v) is 9.86. The summed E-state index contributed by atoms with van der Waals surface area (Å²) in [6.45, 7) is 5.23. The van der Waals surface area contributed by atoms with Gasteiger partial charge in [0, 0.05) is 71.2 Å². The zero-order chi connectivity index (χ0) is 18.9. The van der Waals surface area contributed by atoms with Crippen molar-refractivity contribution in [3.63, 3.8) is 0 Å². The van der Waals surface area contributed by atoms with Gasteiger partial charge >= 0.3 is 0 Å². The van der Waals surface area contributed by atoms with E-state index in [1.807, 2.05) is 32.9 Å². The molecule has 8 nitrogen and oxygen atoms in total. The van der Waals surface area contributed by atoms with Crippen molar-refractivity contribution in [2.24, 2.45) is 17.3 Å². The predicted octanol–water partition coefficient (Wildman–Crippen LogP) is -0.184. The molecule has 2 atom stereocenters. The van der Waals surface area contributed by atoms with Crippen LogP contribution in [-0.2, 0) is 20.9 Å². The van der Waals surface area contributed by atoms with E-state index >= 15 is 0 Å². The maximum absolute atomic E-state index is 13.5. The van der Waals surface area contributed by atoms with Crippen molar-refractivity contribution in [1.82, 2.24) is 24.9 Å². The summed E-state index contributed by atoms with van der Waals surface area (Å²) >= 11 is 0. The Morgan fingerprint density at radius 3 is 2.81 bits per heavy atom. The molecule has 4 rings (SSSR count). The number of methoxy groups -OCH3 is 1. The summed E-state index contributed by atoms with van der Waals surface area (Å²) in [6, 6.07) is 1.95. The van der Waals surface area contributed by atoms with Gasteiger partial charge in [0.15, 0.2) is 0 Å². The smallest absolute Gasteiger partial charge is 0.248 e. The lowest BCUT2D eigenvalue weighted by Crippen LogP contribution is -2.52. The average molecular weight is 375 g/mol. The monoisotopic (exact) mass is 375 g/mol. The second kappa shape index (κ2) is 7.59. The fourth-order valence-corrected chi connectivity index (χ4v) is 4.93. The molecular formula is C19H29N5O3. The van der Waals surface area contributed by atoms with Gasteiger partial charge in [0.1, 0.15) is 6.61 Å². The van der Waals surface area contributed by atoms with Gasteiger partial charge in [-0.2, -0.15) is 5.10 Å². The zero-order valence-electron chi connectivity index (χ0n) is 16.0. The quantitative estimate of drug-likeness (QED) is 0.772. The van der Waals surface area contributed by atoms with E-state index in [2.05, 4.69) is 10.4 Å². The van der Waals surface area contributed by atoms with Gasteiger partial charge in [-0.05, 0) is 24.8 Å². The summed E-state index contributed by atoms with van der Waals surface area (Å²) in [5.74, 6) is 0.972. The second-order valence-electron chi connectivity index (χ2n) is 8.15. The summed E-state index contributed by atoms with van der Waals surface area (Å²) in [5, 5.41) is 7.68. The van der Waals surface area contributed by atoms with Crippen LogP contribution < -0.4 is 5.32 Å². The Bertz CT molecular complexity index is 671. The number of fused-ring (bicyclic) bond motifs is 1. The molecule has 3 fully saturated rings. The fraction of sp³-hybridized carbons (Fsp3) is 0.737. The number of hydrogen-bond donors (Lipinski definition) is 1. The van der Waals surface area contributed by atoms with Gasteiger partial charge in [0.2, 0.25) is 11.8 Å². The summed E-state index contributed by atoms with van der Waals surface area (Å²) < 4.78 is 6.97. The minimum absolute atomic E-state index is 0.0167. The number of hydrogen-bond acceptors (Lipinski definition) is 5. The van der Waals surface area contributed by atoms with Crippen LogP contribution in [-0.4, -0.2) is 84.4 Å². The van der Waals surface area contributed by atoms with Crippen LogP contribution in [0.15, 0.2) is 18.5 Å². The van der Waals surface area contributed by atoms with Crippen molar-refractivity contribution in [1.29, 1.82) is 0 Å². The second-order valence-corrected chi connectivity index (χ2v) is 8.15. The Hall–Kier alpha value is -1.93. The largest absolute Gasteiger partial charge is 0.375 e. The fourth-order valence-electron chi connectivity index (χ4n) is 4.93. The number of piperidine rings is 1. The molecule has 1 N–H and O–H groups in total. The van der Waals surface area contributed by atoms with Crippen molar-refractivity contribution in [3.05, 3.63) is 18.5 Å². The summed E-state index contributed by atoms with van der Waals surface area (Å²) in [4.78, 5) is 29.6. The molecule has 3 aliphatic rings. The standard InChI is InChI=1S/C19H29N5O3/c1-27-12-17(25)23-11-16-9-20-13-19(16,14-23)18(26)22-7-3-15(4-8-22)10-24-6-2-5-21-24/h2,5-6,15-16,20H,3-4,7-14H2,1H3/t16-,19-/m1/s1. The molecule has 1 aromatic rings. The van der Waals surface area contributed by atoms with Crippen LogP contribution in [0, 0.1) is 17.3 Å². The highest BCUT2D eigenvalue weighted by molar-refractivity contribution is 5.87. The van der Waals surface area contributed by atoms with Gasteiger partial charge in [0.05, 0.1) is 5.41 Å². The lowest BCUT2D eigenvalue weighted by Gasteiger charge is -2.38. The molecule has 0 spiro atoms. The molecule has 148 valence electrons. The number of rotatable bonds is 5. The molecule has 2 amide bonds. The number of amides is 2. The number of carbonyl (C=O) groups is 2. The number of likely N-dealkylation sites (tertiary alicyclic amines) is 2. The molecule has 1 aromatic heterocycles. The van der Waals surface area contributed by atoms with E-state index < -0.39 is 5.41 Å². The van der Waals surface area contributed by atoms with Crippen LogP contribution in [0.3, 0.4) is 0 Å². The Morgan fingerprint density at radius 1 is 1.30 bits per heavy atom. The lowest BCUT2D eigenvalue weighted by molar-refractivity contribution is -0.144. The SMILES string of the molecule is COCC(=O)N1C[C@H]2CNC[C@@]2(C(=O)N2CCC(Cn3cccn3)CC2)C1. The Kier molecular flexibility index (Phi) is 5.19. The minimum atomic E-state index is -0.460. The molecule has 27 heavy (non-hydrogen) atoms. The summed E-state index contributed by atoms with van der Waals surface area (Å²) in [6.07, 6.45) is 5.81. The van der Waals surface area contributed by atoms with Crippen molar-refractivity contribution in [3.8, 4) is 0 Å². The Morgan fingerprint density at radius 2 is 2.11 bits per heavy atom. The lowest BCUT2D eigenvalue weighted by atomic mass is 9.79. The molecule has 8 heteroatoms. The van der Waals surface area contributed by atoms with E-state index in [1.165, 1.54) is 7.11 Å². The van der Waals surface area contributed by atoms with E-state index in [-0.39, 0.29) is 24.3 Å². The topological polar surface area (TPSA) is 79.7 Å². The van der Waals surface area contributed by atoms with E-state index in [4.69, 9.17) is 4.74 Å². The molecule has 0 bridgehead atoms. The number of nitrogens with zero attached hydrogens (tertiary/aromatic N) is 4. The van der Waals surface area contributed by atoms with Gasteiger partial charge in [-0.1, -0.05) is 0 Å². The summed E-state index contributed by atoms with van der Waals surface area (Å²) in [5.41, 5.74) is -0.460. The first-order valence-electron chi connectivity index (χ1n) is 9.86. The molecule has 3 saturated heterocycles. The van der Waals surface area contributed by atoms with Crippen molar-refractivity contribution in [2.45, 2.75) is 19.4 Å². The predicted molar refractivity (Wildman–Crippen MR) is 98.8 cm³/mol. The highest BCUT2D eigenvalue weighted by Gasteiger charge is 2.57. The third-order valence-electron chi connectivity index (χ3n) is 6.48. The minimum Gasteiger partial charge on any atom is -0.375 e. The highest BCUT2D eigenvalue weighted by Crippen LogP contribution is 2.41. The molecule has 0 radical (unpaired) electrons. The van der Waals surface area contributed by atoms with Crippen molar-refractivity contribution >= 4 is 11.8 Å². The Labute approximate surface area is 159 Å². The van der Waals surface area contributed by atoms with Crippen LogP contribution >= 0.6 is 0 Å². The van der Waals surface area contributed by atoms with Crippen LogP contribution in [0.2, 0.25) is 0 Å². The van der Waals surface area contributed by atoms with Crippen LogP contribution in [0.5, 0.6) is 0 Å². The number of carbonyl (C=O) groups excluding carboxylic acids is 2. The molecular weight excluding hydrogens is 346 g/mol. The summed E-state index contributed by atoms with van der Waals surface area (Å²) in [7, 11) is 1.53. The average Bonchev–Trinajstić information content (AvgIpc) is 3.38. The van der Waals surface area contributed by atoms with Gasteiger partial charge in [-0.15, -0.1) is 0 Å². The molecule has 0 saturated carbocycles. The first-order chi connectivity index (χ1) is 13.1. The highest BCUT2D eigenvalue weighted by atomic mass is 16.5. The number of nitrogens with one attached hydrogen (secondary N) is 1. The van der Waals surface area contributed by atoms with Gasteiger partial charge in [0.25, 0.3) is 0 Å². The van der Waals surface area contributed by atoms with Crippen LogP contribution in [0.1, 0.15) is 12.8 Å². The number of aromatic nitrogens is 2. The van der Waals surface area contributed by atoms with E-state index in [0.717, 1.165) is 39.0 Å².